The molecule has 0 amide bonds. The average molecular weight is 271 g/mol. The third-order valence-corrected chi connectivity index (χ3v) is 2.77. The largest absolute Gasteiger partial charge is 0.506 e. The molecule has 0 bridgehead atoms. The molecule has 4 N–H and O–H groups in total. The number of benzene rings is 1. The molecule has 0 radical (unpaired) electrons. The number of anilines is 1. The van der Waals surface area contributed by atoms with E-state index in [-0.39, 0.29) is 23.0 Å². The Morgan fingerprint density at radius 3 is 2.75 bits per heavy atom. The van der Waals surface area contributed by atoms with E-state index in [0.29, 0.717) is 16.7 Å². The van der Waals surface area contributed by atoms with Gasteiger partial charge in [0.25, 0.3) is 0 Å². The maximum Gasteiger partial charge on any atom is 0.354 e. The number of oxazole rings is 1. The Bertz CT molecular complexity index is 769. The van der Waals surface area contributed by atoms with Crippen molar-refractivity contribution in [3.8, 4) is 17.2 Å². The van der Waals surface area contributed by atoms with Crippen molar-refractivity contribution in [3.05, 3.63) is 36.2 Å². The van der Waals surface area contributed by atoms with E-state index in [2.05, 4.69) is 9.97 Å². The quantitative estimate of drug-likeness (QED) is 0.480. The number of pyridine rings is 1. The summed E-state index contributed by atoms with van der Waals surface area (Å²) in [6.07, 6.45) is 1.36. The van der Waals surface area contributed by atoms with Crippen LogP contribution >= 0.6 is 0 Å². The highest BCUT2D eigenvalue weighted by Crippen LogP contribution is 2.30. The molecule has 0 fully saturated rings. The molecule has 3 rings (SSSR count). The third kappa shape index (κ3) is 1.91. The molecule has 0 saturated heterocycles. The van der Waals surface area contributed by atoms with Crippen LogP contribution in [0.25, 0.3) is 22.6 Å². The zero-order valence-corrected chi connectivity index (χ0v) is 10.1. The second-order valence-electron chi connectivity index (χ2n) is 4.14. The summed E-state index contributed by atoms with van der Waals surface area (Å²) in [4.78, 5) is 18.7. The fourth-order valence-electron chi connectivity index (χ4n) is 1.75. The normalized spacial score (nSPS) is 10.8. The van der Waals surface area contributed by atoms with Crippen molar-refractivity contribution >= 4 is 22.8 Å². The van der Waals surface area contributed by atoms with Crippen LogP contribution in [0.4, 0.5) is 5.69 Å². The van der Waals surface area contributed by atoms with E-state index in [0.717, 1.165) is 0 Å². The highest BCUT2D eigenvalue weighted by Gasteiger charge is 2.12. The lowest BCUT2D eigenvalue weighted by Crippen LogP contribution is -1.99. The van der Waals surface area contributed by atoms with Gasteiger partial charge in [0.2, 0.25) is 5.89 Å². The molecule has 0 unspecified atom stereocenters. The number of hydrogen-bond donors (Lipinski definition) is 3. The first-order valence-electron chi connectivity index (χ1n) is 5.63. The Kier molecular flexibility index (Phi) is 2.53. The minimum atomic E-state index is -1.10. The number of aromatic carboxylic acids is 1. The summed E-state index contributed by atoms with van der Waals surface area (Å²) in [5.41, 5.74) is 7.13. The summed E-state index contributed by atoms with van der Waals surface area (Å²) < 4.78 is 5.48. The Hall–Kier alpha value is -3.09. The van der Waals surface area contributed by atoms with Gasteiger partial charge in [-0.25, -0.2) is 14.8 Å². The molecule has 2 aromatic heterocycles. The number of nitrogens with zero attached hydrogens (tertiary/aromatic N) is 2. The van der Waals surface area contributed by atoms with Crippen LogP contribution in [-0.4, -0.2) is 26.2 Å². The van der Waals surface area contributed by atoms with Crippen molar-refractivity contribution in [2.24, 2.45) is 0 Å². The van der Waals surface area contributed by atoms with Gasteiger partial charge in [-0.3, -0.25) is 0 Å². The van der Waals surface area contributed by atoms with Gasteiger partial charge in [0, 0.05) is 12.3 Å². The van der Waals surface area contributed by atoms with Crippen LogP contribution in [0.3, 0.4) is 0 Å². The molecule has 0 aliphatic heterocycles. The molecule has 0 aliphatic carbocycles. The van der Waals surface area contributed by atoms with Gasteiger partial charge in [-0.1, -0.05) is 0 Å². The first-order chi connectivity index (χ1) is 9.54. The predicted molar refractivity (Wildman–Crippen MR) is 70.3 cm³/mol. The Morgan fingerprint density at radius 1 is 1.30 bits per heavy atom. The standard InChI is InChI=1S/C13H9N3O4/c14-7-3-9-11(4-10(7)17)20-12(16-9)6-1-2-8(13(18)19)15-5-6/h1-5,17H,14H2,(H,18,19). The molecule has 3 aromatic rings. The summed E-state index contributed by atoms with van der Waals surface area (Å²) in [6, 6.07) is 5.78. The molecule has 1 aromatic carbocycles. The average Bonchev–Trinajstić information content (AvgIpc) is 2.82. The van der Waals surface area contributed by atoms with Gasteiger partial charge in [-0.05, 0) is 18.2 Å². The van der Waals surface area contributed by atoms with Crippen molar-refractivity contribution in [2.45, 2.75) is 0 Å². The van der Waals surface area contributed by atoms with Crippen LogP contribution in [0.15, 0.2) is 34.9 Å². The lowest BCUT2D eigenvalue weighted by atomic mass is 10.2. The monoisotopic (exact) mass is 271 g/mol. The number of rotatable bonds is 2. The molecular weight excluding hydrogens is 262 g/mol. The number of nitrogens with two attached hydrogens (primary N) is 1. The molecule has 100 valence electrons. The summed E-state index contributed by atoms with van der Waals surface area (Å²) in [5.74, 6) is -0.916. The zero-order valence-electron chi connectivity index (χ0n) is 10.1. The van der Waals surface area contributed by atoms with Crippen molar-refractivity contribution in [3.63, 3.8) is 0 Å². The van der Waals surface area contributed by atoms with Crippen molar-refractivity contribution in [1.82, 2.24) is 9.97 Å². The minimum Gasteiger partial charge on any atom is -0.506 e. The Labute approximate surface area is 112 Å². The summed E-state index contributed by atoms with van der Waals surface area (Å²) in [5, 5.41) is 18.3. The number of phenols is 1. The van der Waals surface area contributed by atoms with Gasteiger partial charge < -0.3 is 20.4 Å². The minimum absolute atomic E-state index is 0.0632. The number of fused-ring (bicyclic) bond motifs is 1. The van der Waals surface area contributed by atoms with Crippen molar-refractivity contribution < 1.29 is 19.4 Å². The second kappa shape index (κ2) is 4.23. The van der Waals surface area contributed by atoms with Gasteiger partial charge in [-0.15, -0.1) is 0 Å². The van der Waals surface area contributed by atoms with E-state index in [1.54, 1.807) is 6.07 Å². The molecule has 0 spiro atoms. The van der Waals surface area contributed by atoms with Crippen LogP contribution in [0.2, 0.25) is 0 Å². The SMILES string of the molecule is Nc1cc2nc(-c3ccc(C(=O)O)nc3)oc2cc1O. The number of aromatic nitrogens is 2. The highest BCUT2D eigenvalue weighted by atomic mass is 16.4. The number of carbonyl (C=O) groups is 1. The first-order valence-corrected chi connectivity index (χ1v) is 5.63. The van der Waals surface area contributed by atoms with Crippen LogP contribution in [0.1, 0.15) is 10.5 Å². The van der Waals surface area contributed by atoms with Crippen LogP contribution in [0.5, 0.6) is 5.75 Å². The highest BCUT2D eigenvalue weighted by molar-refractivity contribution is 5.86. The smallest absolute Gasteiger partial charge is 0.354 e. The molecule has 0 atom stereocenters. The topological polar surface area (TPSA) is 122 Å². The Balaban J connectivity index is 2.07. The van der Waals surface area contributed by atoms with E-state index in [4.69, 9.17) is 15.3 Å². The van der Waals surface area contributed by atoms with E-state index >= 15 is 0 Å². The number of carboxylic acids is 1. The zero-order chi connectivity index (χ0) is 14.3. The number of carboxylic acid groups (broad SMARTS) is 1. The fraction of sp³-hybridized carbons (Fsp3) is 0. The summed E-state index contributed by atoms with van der Waals surface area (Å²) in [6.45, 7) is 0. The molecule has 2 heterocycles. The van der Waals surface area contributed by atoms with Crippen LogP contribution < -0.4 is 5.73 Å². The van der Waals surface area contributed by atoms with Gasteiger partial charge in [0.15, 0.2) is 5.58 Å². The van der Waals surface area contributed by atoms with Gasteiger partial charge in [0.1, 0.15) is 17.0 Å². The first kappa shape index (κ1) is 12.0. The molecular formula is C13H9N3O4. The molecule has 0 aliphatic rings. The number of aromatic hydroxyl groups is 1. The van der Waals surface area contributed by atoms with Crippen LogP contribution in [-0.2, 0) is 0 Å². The lowest BCUT2D eigenvalue weighted by molar-refractivity contribution is 0.0690. The van der Waals surface area contributed by atoms with Crippen molar-refractivity contribution in [2.75, 3.05) is 5.73 Å². The van der Waals surface area contributed by atoms with Gasteiger partial charge >= 0.3 is 5.97 Å². The number of hydrogen-bond acceptors (Lipinski definition) is 6. The predicted octanol–water partition coefficient (Wildman–Crippen LogP) is 1.88. The van der Waals surface area contributed by atoms with E-state index in [9.17, 15) is 9.90 Å². The molecule has 20 heavy (non-hydrogen) atoms. The fourth-order valence-corrected chi connectivity index (χ4v) is 1.75. The summed E-state index contributed by atoms with van der Waals surface area (Å²) in [7, 11) is 0. The van der Waals surface area contributed by atoms with Crippen LogP contribution in [0, 0.1) is 0 Å². The van der Waals surface area contributed by atoms with Crippen molar-refractivity contribution in [1.29, 1.82) is 0 Å². The number of nitrogen functional groups attached to an aromatic ring is 1. The third-order valence-electron chi connectivity index (χ3n) is 2.77. The second-order valence-corrected chi connectivity index (χ2v) is 4.14. The van der Waals surface area contributed by atoms with E-state index < -0.39 is 5.97 Å². The van der Waals surface area contributed by atoms with Gasteiger partial charge in [0.05, 0.1) is 11.3 Å². The molecule has 7 nitrogen and oxygen atoms in total. The molecule has 7 heteroatoms. The maximum atomic E-state index is 10.7. The van der Waals surface area contributed by atoms with Gasteiger partial charge in [-0.2, -0.15) is 0 Å². The van der Waals surface area contributed by atoms with E-state index in [1.807, 2.05) is 0 Å². The Morgan fingerprint density at radius 2 is 2.10 bits per heavy atom. The lowest BCUT2D eigenvalue weighted by Gasteiger charge is -1.95. The van der Waals surface area contributed by atoms with E-state index in [1.165, 1.54) is 24.4 Å². The molecule has 0 saturated carbocycles. The number of phenolic OH excluding ortho intramolecular Hbond substituents is 1. The summed E-state index contributed by atoms with van der Waals surface area (Å²) >= 11 is 0. The maximum absolute atomic E-state index is 10.7.